The smallest absolute Gasteiger partial charge is 0.234 e. The predicted molar refractivity (Wildman–Crippen MR) is 78.4 cm³/mol. The number of aromatic nitrogens is 3. The second-order valence-corrected chi connectivity index (χ2v) is 5.60. The molecule has 0 saturated carbocycles. The maximum atomic E-state index is 11.7. The third-order valence-corrected chi connectivity index (χ3v) is 3.77. The van der Waals surface area contributed by atoms with Crippen LogP contribution in [0.1, 0.15) is 5.82 Å². The van der Waals surface area contributed by atoms with Gasteiger partial charge in [0.25, 0.3) is 0 Å². The van der Waals surface area contributed by atoms with Gasteiger partial charge in [0, 0.05) is 10.2 Å². The van der Waals surface area contributed by atoms with E-state index in [9.17, 15) is 4.79 Å². The lowest BCUT2D eigenvalue weighted by Crippen LogP contribution is -2.16. The third kappa shape index (κ3) is 3.71. The van der Waals surface area contributed by atoms with Gasteiger partial charge in [-0.3, -0.25) is 4.79 Å². The van der Waals surface area contributed by atoms with Crippen molar-refractivity contribution in [1.29, 1.82) is 0 Å². The minimum Gasteiger partial charge on any atom is -0.336 e. The van der Waals surface area contributed by atoms with Gasteiger partial charge in [0.2, 0.25) is 11.1 Å². The van der Waals surface area contributed by atoms with Crippen molar-refractivity contribution in [2.45, 2.75) is 12.1 Å². The van der Waals surface area contributed by atoms with E-state index in [0.717, 1.165) is 10.2 Å². The van der Waals surface area contributed by atoms with Crippen molar-refractivity contribution < 1.29 is 4.79 Å². The average molecular weight is 342 g/mol. The average Bonchev–Trinajstić information content (AvgIpc) is 2.70. The van der Waals surface area contributed by atoms with Gasteiger partial charge in [-0.15, -0.1) is 10.2 Å². The van der Waals surface area contributed by atoms with Gasteiger partial charge >= 0.3 is 0 Å². The third-order valence-electron chi connectivity index (χ3n) is 2.30. The van der Waals surface area contributed by atoms with Gasteiger partial charge in [-0.2, -0.15) is 0 Å². The zero-order valence-electron chi connectivity index (χ0n) is 10.1. The standard InChI is InChI=1S/C11H12BrN5OS/c1-7-15-16-11(17(7)13)19-6-10(18)14-9-4-2-8(12)3-5-9/h2-5H,6,13H2,1H3,(H,14,18). The van der Waals surface area contributed by atoms with Crippen molar-refractivity contribution in [2.24, 2.45) is 0 Å². The summed E-state index contributed by atoms with van der Waals surface area (Å²) in [6, 6.07) is 7.37. The Balaban J connectivity index is 1.88. The number of thioether (sulfide) groups is 1. The van der Waals surface area contributed by atoms with E-state index in [1.54, 1.807) is 6.92 Å². The molecule has 1 amide bonds. The molecule has 0 unspecified atom stereocenters. The molecule has 0 aliphatic carbocycles. The van der Waals surface area contributed by atoms with Crippen molar-refractivity contribution in [2.75, 3.05) is 16.9 Å². The van der Waals surface area contributed by atoms with Crippen LogP contribution in [0, 0.1) is 6.92 Å². The quantitative estimate of drug-likeness (QED) is 0.654. The molecule has 0 radical (unpaired) electrons. The molecule has 0 aliphatic heterocycles. The summed E-state index contributed by atoms with van der Waals surface area (Å²) in [6.45, 7) is 1.75. The molecule has 2 rings (SSSR count). The number of carbonyl (C=O) groups excluding carboxylic acids is 1. The van der Waals surface area contributed by atoms with Crippen LogP contribution in [0.4, 0.5) is 5.69 Å². The van der Waals surface area contributed by atoms with E-state index in [2.05, 4.69) is 31.4 Å². The monoisotopic (exact) mass is 341 g/mol. The molecule has 0 atom stereocenters. The minimum absolute atomic E-state index is 0.118. The molecule has 19 heavy (non-hydrogen) atoms. The number of amides is 1. The lowest BCUT2D eigenvalue weighted by atomic mass is 10.3. The number of anilines is 1. The minimum atomic E-state index is -0.118. The zero-order chi connectivity index (χ0) is 13.8. The van der Waals surface area contributed by atoms with Crippen LogP contribution in [0.3, 0.4) is 0 Å². The molecule has 0 fully saturated rings. The summed E-state index contributed by atoms with van der Waals surface area (Å²) < 4.78 is 2.32. The highest BCUT2D eigenvalue weighted by Gasteiger charge is 2.09. The summed E-state index contributed by atoms with van der Waals surface area (Å²) in [7, 11) is 0. The fraction of sp³-hybridized carbons (Fsp3) is 0.182. The highest BCUT2D eigenvalue weighted by molar-refractivity contribution is 9.10. The van der Waals surface area contributed by atoms with Crippen LogP contribution in [0.25, 0.3) is 0 Å². The molecule has 6 nitrogen and oxygen atoms in total. The summed E-state index contributed by atoms with van der Waals surface area (Å²) in [5.41, 5.74) is 0.749. The van der Waals surface area contributed by atoms with Gasteiger partial charge in [0.1, 0.15) is 5.82 Å². The molecule has 1 aromatic heterocycles. The van der Waals surface area contributed by atoms with Crippen LogP contribution in [0.2, 0.25) is 0 Å². The first-order chi connectivity index (χ1) is 9.06. The molecule has 3 N–H and O–H groups in total. The lowest BCUT2D eigenvalue weighted by molar-refractivity contribution is -0.113. The van der Waals surface area contributed by atoms with Crippen LogP contribution < -0.4 is 11.2 Å². The van der Waals surface area contributed by atoms with Crippen molar-refractivity contribution in [3.63, 3.8) is 0 Å². The SMILES string of the molecule is Cc1nnc(SCC(=O)Nc2ccc(Br)cc2)n1N. The first-order valence-electron chi connectivity index (χ1n) is 5.41. The van der Waals surface area contributed by atoms with Crippen LogP contribution in [0.15, 0.2) is 33.9 Å². The van der Waals surface area contributed by atoms with Crippen LogP contribution in [0.5, 0.6) is 0 Å². The number of benzene rings is 1. The number of nitrogens with zero attached hydrogens (tertiary/aromatic N) is 3. The number of halogens is 1. The molecule has 0 bridgehead atoms. The van der Waals surface area contributed by atoms with E-state index in [0.29, 0.717) is 11.0 Å². The largest absolute Gasteiger partial charge is 0.336 e. The first-order valence-corrected chi connectivity index (χ1v) is 7.19. The van der Waals surface area contributed by atoms with Crippen LogP contribution >= 0.6 is 27.7 Å². The molecular formula is C11H12BrN5OS. The Kier molecular flexibility index (Phi) is 4.43. The van der Waals surface area contributed by atoms with Crippen molar-refractivity contribution in [3.8, 4) is 0 Å². The van der Waals surface area contributed by atoms with E-state index in [4.69, 9.17) is 5.84 Å². The molecule has 0 saturated heterocycles. The highest BCUT2D eigenvalue weighted by Crippen LogP contribution is 2.16. The van der Waals surface area contributed by atoms with Gasteiger partial charge in [0.05, 0.1) is 5.75 Å². The van der Waals surface area contributed by atoms with E-state index < -0.39 is 0 Å². The Morgan fingerprint density at radius 2 is 2.11 bits per heavy atom. The number of nitrogen functional groups attached to an aromatic ring is 1. The lowest BCUT2D eigenvalue weighted by Gasteiger charge is -2.05. The molecule has 1 heterocycles. The topological polar surface area (TPSA) is 85.8 Å². The predicted octanol–water partition coefficient (Wildman–Crippen LogP) is 1.79. The molecule has 8 heteroatoms. The Hall–Kier alpha value is -1.54. The summed E-state index contributed by atoms with van der Waals surface area (Å²) in [5.74, 6) is 6.41. The maximum Gasteiger partial charge on any atom is 0.234 e. The normalized spacial score (nSPS) is 10.4. The number of nitrogens with two attached hydrogens (primary N) is 1. The Morgan fingerprint density at radius 1 is 1.42 bits per heavy atom. The summed E-state index contributed by atoms with van der Waals surface area (Å²) in [6.07, 6.45) is 0. The van der Waals surface area contributed by atoms with Crippen molar-refractivity contribution in [3.05, 3.63) is 34.6 Å². The number of hydrogen-bond donors (Lipinski definition) is 2. The van der Waals surface area contributed by atoms with Crippen LogP contribution in [-0.4, -0.2) is 26.5 Å². The second-order valence-electron chi connectivity index (χ2n) is 3.74. The van der Waals surface area contributed by atoms with E-state index >= 15 is 0 Å². The number of aryl methyl sites for hydroxylation is 1. The molecule has 1 aromatic carbocycles. The van der Waals surface area contributed by atoms with E-state index in [1.165, 1.54) is 16.4 Å². The Morgan fingerprint density at radius 3 is 2.68 bits per heavy atom. The van der Waals surface area contributed by atoms with Gasteiger partial charge in [-0.25, -0.2) is 4.68 Å². The Labute approximate surface area is 122 Å². The van der Waals surface area contributed by atoms with E-state index in [-0.39, 0.29) is 11.7 Å². The summed E-state index contributed by atoms with van der Waals surface area (Å²) in [4.78, 5) is 11.7. The van der Waals surface area contributed by atoms with Crippen LogP contribution in [-0.2, 0) is 4.79 Å². The number of hydrogen-bond acceptors (Lipinski definition) is 5. The summed E-state index contributed by atoms with van der Waals surface area (Å²) in [5, 5.41) is 11.0. The van der Waals surface area contributed by atoms with Gasteiger partial charge < -0.3 is 11.2 Å². The fourth-order valence-electron chi connectivity index (χ4n) is 1.31. The number of carbonyl (C=O) groups is 1. The molecule has 100 valence electrons. The van der Waals surface area contributed by atoms with Crippen molar-refractivity contribution >= 4 is 39.3 Å². The van der Waals surface area contributed by atoms with Gasteiger partial charge in [-0.05, 0) is 31.2 Å². The van der Waals surface area contributed by atoms with Crippen molar-refractivity contribution in [1.82, 2.24) is 14.9 Å². The number of rotatable bonds is 4. The molecule has 0 aliphatic rings. The summed E-state index contributed by atoms with van der Waals surface area (Å²) >= 11 is 4.58. The maximum absolute atomic E-state index is 11.7. The zero-order valence-corrected chi connectivity index (χ0v) is 12.5. The number of nitrogens with one attached hydrogen (secondary N) is 1. The van der Waals surface area contributed by atoms with E-state index in [1.807, 2.05) is 24.3 Å². The van der Waals surface area contributed by atoms with Gasteiger partial charge in [-0.1, -0.05) is 27.7 Å². The van der Waals surface area contributed by atoms with Gasteiger partial charge in [0.15, 0.2) is 0 Å². The Bertz CT molecular complexity index is 583. The molecule has 2 aromatic rings. The second kappa shape index (κ2) is 6.07. The fourth-order valence-corrected chi connectivity index (χ4v) is 2.28. The first kappa shape index (κ1) is 13.9. The molecular weight excluding hydrogens is 330 g/mol. The highest BCUT2D eigenvalue weighted by atomic mass is 79.9. The molecule has 0 spiro atoms.